The number of ether oxygens (including phenoxy) is 1. The molecule has 98 valence electrons. The van der Waals surface area contributed by atoms with E-state index in [0.717, 1.165) is 30.9 Å². The Kier molecular flexibility index (Phi) is 4.20. The molecule has 0 saturated carbocycles. The van der Waals surface area contributed by atoms with Gasteiger partial charge in [0, 0.05) is 6.54 Å². The molecule has 2 rings (SSSR count). The van der Waals surface area contributed by atoms with Gasteiger partial charge in [0.05, 0.1) is 18.2 Å². The second kappa shape index (κ2) is 5.87. The summed E-state index contributed by atoms with van der Waals surface area (Å²) in [7, 11) is 2.04. The van der Waals surface area contributed by atoms with E-state index in [9.17, 15) is 4.79 Å². The predicted octanol–water partition coefficient (Wildman–Crippen LogP) is 1.98. The summed E-state index contributed by atoms with van der Waals surface area (Å²) in [6.07, 6.45) is 0.930. The van der Waals surface area contributed by atoms with Crippen LogP contribution < -0.4 is 10.1 Å². The summed E-state index contributed by atoms with van der Waals surface area (Å²) in [6, 6.07) is 7.56. The molecule has 1 atom stereocenters. The number of carbonyl (C=O) groups excluding carboxylic acids is 1. The zero-order valence-corrected chi connectivity index (χ0v) is 11.0. The summed E-state index contributed by atoms with van der Waals surface area (Å²) in [5, 5.41) is 2.97. The molecule has 4 nitrogen and oxygen atoms in total. The number of benzene rings is 1. The number of hydrogen-bond donors (Lipinski definition) is 1. The maximum Gasteiger partial charge on any atom is 0.228 e. The number of nitrogens with one attached hydrogen (secondary N) is 1. The Morgan fingerprint density at radius 1 is 1.50 bits per heavy atom. The molecule has 1 unspecified atom stereocenters. The van der Waals surface area contributed by atoms with Crippen molar-refractivity contribution in [1.29, 1.82) is 0 Å². The normalized spacial score (nSPS) is 19.8. The minimum Gasteiger partial charge on any atom is -0.492 e. The fourth-order valence-electron chi connectivity index (χ4n) is 2.24. The van der Waals surface area contributed by atoms with Crippen LogP contribution in [0.5, 0.6) is 5.75 Å². The first-order valence-corrected chi connectivity index (χ1v) is 6.42. The topological polar surface area (TPSA) is 41.6 Å². The number of likely N-dealkylation sites (tertiary alicyclic amines) is 1. The minimum absolute atomic E-state index is 0.0877. The number of anilines is 1. The van der Waals surface area contributed by atoms with Gasteiger partial charge >= 0.3 is 0 Å². The fourth-order valence-corrected chi connectivity index (χ4v) is 2.24. The van der Waals surface area contributed by atoms with Crippen LogP contribution in [0.4, 0.5) is 5.69 Å². The van der Waals surface area contributed by atoms with E-state index in [1.54, 1.807) is 0 Å². The second-order valence-electron chi connectivity index (χ2n) is 4.67. The van der Waals surface area contributed by atoms with Crippen LogP contribution in [-0.2, 0) is 4.79 Å². The summed E-state index contributed by atoms with van der Waals surface area (Å²) >= 11 is 0. The van der Waals surface area contributed by atoms with Crippen molar-refractivity contribution in [2.24, 2.45) is 5.92 Å². The lowest BCUT2D eigenvalue weighted by atomic mass is 10.1. The third-order valence-corrected chi connectivity index (χ3v) is 3.21. The third-order valence-electron chi connectivity index (χ3n) is 3.21. The van der Waals surface area contributed by atoms with Crippen molar-refractivity contribution in [3.8, 4) is 5.75 Å². The first-order valence-electron chi connectivity index (χ1n) is 6.42. The highest BCUT2D eigenvalue weighted by Crippen LogP contribution is 2.25. The standard InChI is InChI=1S/C14H20N2O2/c1-3-18-13-7-5-4-6-12(13)15-14(17)11-8-9-16(2)10-11/h4-7,11H,3,8-10H2,1-2H3,(H,15,17). The van der Waals surface area contributed by atoms with Gasteiger partial charge < -0.3 is 15.0 Å². The Morgan fingerprint density at radius 3 is 2.94 bits per heavy atom. The molecule has 1 N–H and O–H groups in total. The molecule has 0 aromatic heterocycles. The van der Waals surface area contributed by atoms with Gasteiger partial charge in [-0.15, -0.1) is 0 Å². The van der Waals surface area contributed by atoms with Gasteiger partial charge in [0.1, 0.15) is 5.75 Å². The maximum atomic E-state index is 12.1. The van der Waals surface area contributed by atoms with Gasteiger partial charge in [-0.3, -0.25) is 4.79 Å². The van der Waals surface area contributed by atoms with Crippen LogP contribution >= 0.6 is 0 Å². The van der Waals surface area contributed by atoms with Crippen molar-refractivity contribution < 1.29 is 9.53 Å². The summed E-state index contributed by atoms with van der Waals surface area (Å²) in [5.41, 5.74) is 0.763. The molecular weight excluding hydrogens is 228 g/mol. The molecule has 1 aliphatic rings. The quantitative estimate of drug-likeness (QED) is 0.885. The van der Waals surface area contributed by atoms with Crippen LogP contribution in [0.3, 0.4) is 0 Å². The van der Waals surface area contributed by atoms with Crippen LogP contribution in [0, 0.1) is 5.92 Å². The highest BCUT2D eigenvalue weighted by atomic mass is 16.5. The van der Waals surface area contributed by atoms with E-state index in [1.807, 2.05) is 38.2 Å². The molecular formula is C14H20N2O2. The van der Waals surface area contributed by atoms with Crippen molar-refractivity contribution in [1.82, 2.24) is 4.90 Å². The molecule has 4 heteroatoms. The molecule has 1 fully saturated rings. The van der Waals surface area contributed by atoms with Gasteiger partial charge in [-0.1, -0.05) is 12.1 Å². The Labute approximate surface area is 108 Å². The summed E-state index contributed by atoms with van der Waals surface area (Å²) in [5.74, 6) is 0.913. The second-order valence-corrected chi connectivity index (χ2v) is 4.67. The van der Waals surface area contributed by atoms with Crippen molar-refractivity contribution in [3.05, 3.63) is 24.3 Å². The van der Waals surface area contributed by atoms with Crippen LogP contribution in [0.15, 0.2) is 24.3 Å². The highest BCUT2D eigenvalue weighted by molar-refractivity contribution is 5.94. The lowest BCUT2D eigenvalue weighted by Gasteiger charge is -2.14. The first kappa shape index (κ1) is 12.9. The first-order chi connectivity index (χ1) is 8.70. The van der Waals surface area contributed by atoms with E-state index in [1.165, 1.54) is 0 Å². The SMILES string of the molecule is CCOc1ccccc1NC(=O)C1CCN(C)C1. The zero-order valence-electron chi connectivity index (χ0n) is 11.0. The monoisotopic (exact) mass is 248 g/mol. The van der Waals surface area contributed by atoms with Gasteiger partial charge in [-0.2, -0.15) is 0 Å². The average molecular weight is 248 g/mol. The molecule has 1 aromatic carbocycles. The molecule has 1 saturated heterocycles. The molecule has 18 heavy (non-hydrogen) atoms. The van der Waals surface area contributed by atoms with Crippen LogP contribution in [0.25, 0.3) is 0 Å². The van der Waals surface area contributed by atoms with E-state index in [4.69, 9.17) is 4.74 Å². The molecule has 1 aliphatic heterocycles. The fraction of sp³-hybridized carbons (Fsp3) is 0.500. The summed E-state index contributed by atoms with van der Waals surface area (Å²) < 4.78 is 5.50. The smallest absolute Gasteiger partial charge is 0.228 e. The lowest BCUT2D eigenvalue weighted by molar-refractivity contribution is -0.119. The van der Waals surface area contributed by atoms with Gasteiger partial charge in [0.2, 0.25) is 5.91 Å². The molecule has 0 spiro atoms. The van der Waals surface area contributed by atoms with Crippen LogP contribution in [0.2, 0.25) is 0 Å². The molecule has 0 radical (unpaired) electrons. The molecule has 0 bridgehead atoms. The molecule has 1 amide bonds. The number of hydrogen-bond acceptors (Lipinski definition) is 3. The van der Waals surface area contributed by atoms with E-state index >= 15 is 0 Å². The van der Waals surface area contributed by atoms with Crippen molar-refractivity contribution in [2.45, 2.75) is 13.3 Å². The van der Waals surface area contributed by atoms with E-state index < -0.39 is 0 Å². The number of nitrogens with zero attached hydrogens (tertiary/aromatic N) is 1. The Balaban J connectivity index is 2.02. The maximum absolute atomic E-state index is 12.1. The largest absolute Gasteiger partial charge is 0.492 e. The number of amides is 1. The Bertz CT molecular complexity index is 420. The van der Waals surface area contributed by atoms with Crippen molar-refractivity contribution in [2.75, 3.05) is 32.1 Å². The Hall–Kier alpha value is -1.55. The minimum atomic E-state index is 0.0877. The van der Waals surface area contributed by atoms with E-state index in [2.05, 4.69) is 10.2 Å². The zero-order chi connectivity index (χ0) is 13.0. The lowest BCUT2D eigenvalue weighted by Crippen LogP contribution is -2.25. The average Bonchev–Trinajstić information content (AvgIpc) is 2.79. The van der Waals surface area contributed by atoms with Crippen molar-refractivity contribution in [3.63, 3.8) is 0 Å². The number of carbonyl (C=O) groups is 1. The number of rotatable bonds is 4. The molecule has 1 heterocycles. The van der Waals surface area contributed by atoms with Gasteiger partial charge in [0.15, 0.2) is 0 Å². The Morgan fingerprint density at radius 2 is 2.28 bits per heavy atom. The van der Waals surface area contributed by atoms with Gasteiger partial charge in [-0.05, 0) is 39.1 Å². The summed E-state index contributed by atoms with van der Waals surface area (Å²) in [6.45, 7) is 4.36. The van der Waals surface area contributed by atoms with Crippen LogP contribution in [0.1, 0.15) is 13.3 Å². The predicted molar refractivity (Wildman–Crippen MR) is 71.8 cm³/mol. The third kappa shape index (κ3) is 3.01. The molecule has 0 aliphatic carbocycles. The highest BCUT2D eigenvalue weighted by Gasteiger charge is 2.26. The van der Waals surface area contributed by atoms with Crippen LogP contribution in [-0.4, -0.2) is 37.6 Å². The van der Waals surface area contributed by atoms with E-state index in [0.29, 0.717) is 6.61 Å². The summed E-state index contributed by atoms with van der Waals surface area (Å²) in [4.78, 5) is 14.3. The van der Waals surface area contributed by atoms with Crippen molar-refractivity contribution >= 4 is 11.6 Å². The molecule has 1 aromatic rings. The van der Waals surface area contributed by atoms with Gasteiger partial charge in [0.25, 0.3) is 0 Å². The van der Waals surface area contributed by atoms with E-state index in [-0.39, 0.29) is 11.8 Å². The van der Waals surface area contributed by atoms with Gasteiger partial charge in [-0.25, -0.2) is 0 Å². The number of para-hydroxylation sites is 2.